The Balaban J connectivity index is 2.13. The summed E-state index contributed by atoms with van der Waals surface area (Å²) in [5.41, 5.74) is 3.97. The van der Waals surface area contributed by atoms with Crippen molar-refractivity contribution in [2.75, 3.05) is 7.11 Å². The van der Waals surface area contributed by atoms with Gasteiger partial charge < -0.3 is 4.74 Å². The molecule has 0 N–H and O–H groups in total. The van der Waals surface area contributed by atoms with Crippen molar-refractivity contribution in [3.05, 3.63) is 29.5 Å². The summed E-state index contributed by atoms with van der Waals surface area (Å²) in [4.78, 5) is 14.7. The first kappa shape index (κ1) is 12.6. The minimum absolute atomic E-state index is 0.393. The zero-order valence-corrected chi connectivity index (χ0v) is 12.7. The van der Waals surface area contributed by atoms with E-state index in [0.717, 1.165) is 31.8 Å². The molecule has 0 spiro atoms. The molecule has 4 heterocycles. The Morgan fingerprint density at radius 1 is 1.29 bits per heavy atom. The molecule has 106 valence electrons. The van der Waals surface area contributed by atoms with Crippen molar-refractivity contribution in [3.8, 4) is 0 Å². The summed E-state index contributed by atoms with van der Waals surface area (Å²) in [6.07, 6.45) is 1.70. The molecule has 4 aromatic heterocycles. The van der Waals surface area contributed by atoms with Gasteiger partial charge in [0.1, 0.15) is 22.5 Å². The average Bonchev–Trinajstić information content (AvgIpc) is 2.98. The Bertz CT molecular complexity index is 987. The van der Waals surface area contributed by atoms with Crippen molar-refractivity contribution in [2.24, 2.45) is 0 Å². The Hall–Kier alpha value is -2.12. The van der Waals surface area contributed by atoms with E-state index in [1.54, 1.807) is 29.3 Å². The van der Waals surface area contributed by atoms with Gasteiger partial charge in [-0.05, 0) is 25.5 Å². The fraction of sp³-hybridized carbons (Fsp3) is 0.286. The van der Waals surface area contributed by atoms with Crippen LogP contribution >= 0.6 is 11.3 Å². The van der Waals surface area contributed by atoms with E-state index >= 15 is 0 Å². The van der Waals surface area contributed by atoms with Crippen molar-refractivity contribution < 1.29 is 4.74 Å². The van der Waals surface area contributed by atoms with Crippen LogP contribution in [0.3, 0.4) is 0 Å². The summed E-state index contributed by atoms with van der Waals surface area (Å²) in [5.74, 6) is 0.658. The molecule has 0 amide bonds. The molecule has 0 bridgehead atoms. The highest BCUT2D eigenvalue weighted by Gasteiger charge is 2.15. The maximum atomic E-state index is 5.10. The van der Waals surface area contributed by atoms with Gasteiger partial charge in [-0.3, -0.25) is 0 Å². The van der Waals surface area contributed by atoms with Crippen LogP contribution in [-0.4, -0.2) is 31.7 Å². The second kappa shape index (κ2) is 4.44. The highest BCUT2D eigenvalue weighted by atomic mass is 32.1. The van der Waals surface area contributed by atoms with Crippen LogP contribution in [0.5, 0.6) is 0 Å². The maximum absolute atomic E-state index is 5.10. The molecular weight excluding hydrogens is 286 g/mol. The lowest BCUT2D eigenvalue weighted by molar-refractivity contribution is 0.178. The number of nitrogens with zero attached hydrogens (tertiary/aromatic N) is 5. The van der Waals surface area contributed by atoms with E-state index in [1.165, 1.54) is 5.56 Å². The van der Waals surface area contributed by atoms with Gasteiger partial charge in [0.25, 0.3) is 0 Å². The minimum atomic E-state index is 0.393. The summed E-state index contributed by atoms with van der Waals surface area (Å²) in [6.45, 7) is 4.49. The van der Waals surface area contributed by atoms with Crippen LogP contribution in [0.2, 0.25) is 0 Å². The summed E-state index contributed by atoms with van der Waals surface area (Å²) >= 11 is 1.61. The quantitative estimate of drug-likeness (QED) is 0.569. The number of pyridine rings is 1. The third-order valence-corrected chi connectivity index (χ3v) is 4.48. The molecule has 4 rings (SSSR count). The number of fused-ring (bicyclic) bond motifs is 5. The highest BCUT2D eigenvalue weighted by molar-refractivity contribution is 7.26. The van der Waals surface area contributed by atoms with E-state index < -0.39 is 0 Å². The van der Waals surface area contributed by atoms with Crippen LogP contribution in [0.1, 0.15) is 17.1 Å². The van der Waals surface area contributed by atoms with Crippen LogP contribution in [0.25, 0.3) is 26.1 Å². The number of aromatic nitrogens is 5. The number of thiophene rings is 1. The van der Waals surface area contributed by atoms with E-state index in [-0.39, 0.29) is 0 Å². The monoisotopic (exact) mass is 299 g/mol. The normalized spacial score (nSPS) is 12.0. The lowest BCUT2D eigenvalue weighted by Crippen LogP contribution is -1.92. The topological polar surface area (TPSA) is 65.2 Å². The number of ether oxygens (including phenoxy) is 1. The highest BCUT2D eigenvalue weighted by Crippen LogP contribution is 2.35. The Labute approximate surface area is 124 Å². The molecule has 0 unspecified atom stereocenters. The van der Waals surface area contributed by atoms with Crippen molar-refractivity contribution >= 4 is 37.4 Å². The predicted octanol–water partition coefficient (Wildman–Crippen LogP) is 2.65. The van der Waals surface area contributed by atoms with Gasteiger partial charge in [0.05, 0.1) is 5.52 Å². The number of methoxy groups -OCH3 is 1. The van der Waals surface area contributed by atoms with Gasteiger partial charge in [-0.1, -0.05) is 0 Å². The van der Waals surface area contributed by atoms with Crippen LogP contribution < -0.4 is 0 Å². The predicted molar refractivity (Wildman–Crippen MR) is 81.7 cm³/mol. The van der Waals surface area contributed by atoms with E-state index in [2.05, 4.69) is 33.0 Å². The molecule has 7 heteroatoms. The van der Waals surface area contributed by atoms with Gasteiger partial charge in [-0.25, -0.2) is 19.5 Å². The van der Waals surface area contributed by atoms with Gasteiger partial charge in [0.2, 0.25) is 0 Å². The molecule has 0 aromatic carbocycles. The minimum Gasteiger partial charge on any atom is -0.377 e. The van der Waals surface area contributed by atoms with E-state index in [9.17, 15) is 0 Å². The Morgan fingerprint density at radius 2 is 2.14 bits per heavy atom. The summed E-state index contributed by atoms with van der Waals surface area (Å²) < 4.78 is 7.82. The molecule has 0 aliphatic rings. The molecule has 6 nitrogen and oxygen atoms in total. The van der Waals surface area contributed by atoms with E-state index in [1.807, 2.05) is 6.92 Å². The standard InChI is InChI=1S/C14H13N5OS/c1-7-4-8(2)16-14-10(7)11-12(21-14)13-17-9(5-20-3)18-19(13)6-15-11/h4,6H,5H2,1-3H3. The van der Waals surface area contributed by atoms with Gasteiger partial charge >= 0.3 is 0 Å². The summed E-state index contributed by atoms with van der Waals surface area (Å²) in [6, 6.07) is 2.08. The first-order chi connectivity index (χ1) is 10.2. The fourth-order valence-electron chi connectivity index (χ4n) is 2.60. The molecule has 0 saturated heterocycles. The molecule has 0 atom stereocenters. The SMILES string of the molecule is COCc1nc2c3sc4nc(C)cc(C)c4c3ncn2n1. The van der Waals surface area contributed by atoms with Gasteiger partial charge in [0.15, 0.2) is 11.5 Å². The summed E-state index contributed by atoms with van der Waals surface area (Å²) in [7, 11) is 1.63. The second-order valence-corrected chi connectivity index (χ2v) is 6.01. The van der Waals surface area contributed by atoms with Gasteiger partial charge in [0, 0.05) is 18.2 Å². The Morgan fingerprint density at radius 3 is 2.95 bits per heavy atom. The first-order valence-corrected chi connectivity index (χ1v) is 7.38. The number of hydrogen-bond donors (Lipinski definition) is 0. The molecule has 0 fully saturated rings. The zero-order valence-electron chi connectivity index (χ0n) is 11.9. The molecule has 21 heavy (non-hydrogen) atoms. The molecular formula is C14H13N5OS. The van der Waals surface area contributed by atoms with Crippen molar-refractivity contribution in [1.82, 2.24) is 24.6 Å². The molecule has 4 aromatic rings. The number of hydrogen-bond acceptors (Lipinski definition) is 6. The van der Waals surface area contributed by atoms with Crippen molar-refractivity contribution in [3.63, 3.8) is 0 Å². The van der Waals surface area contributed by atoms with Gasteiger partial charge in [-0.2, -0.15) is 0 Å². The zero-order chi connectivity index (χ0) is 14.6. The third-order valence-electron chi connectivity index (χ3n) is 3.41. The first-order valence-electron chi connectivity index (χ1n) is 6.57. The summed E-state index contributed by atoms with van der Waals surface area (Å²) in [5, 5.41) is 5.48. The van der Waals surface area contributed by atoms with Gasteiger partial charge in [-0.15, -0.1) is 16.4 Å². The smallest absolute Gasteiger partial charge is 0.177 e. The Kier molecular flexibility index (Phi) is 2.66. The van der Waals surface area contributed by atoms with Crippen LogP contribution in [-0.2, 0) is 11.3 Å². The van der Waals surface area contributed by atoms with Crippen LogP contribution in [0.15, 0.2) is 12.4 Å². The number of aryl methyl sites for hydroxylation is 2. The molecule has 0 aliphatic carbocycles. The molecule has 0 aliphatic heterocycles. The molecule has 0 saturated carbocycles. The van der Waals surface area contributed by atoms with E-state index in [0.29, 0.717) is 12.4 Å². The lowest BCUT2D eigenvalue weighted by atomic mass is 10.1. The van der Waals surface area contributed by atoms with E-state index in [4.69, 9.17) is 4.74 Å². The lowest BCUT2D eigenvalue weighted by Gasteiger charge is -1.98. The second-order valence-electron chi connectivity index (χ2n) is 5.01. The molecule has 0 radical (unpaired) electrons. The van der Waals surface area contributed by atoms with Crippen LogP contribution in [0, 0.1) is 13.8 Å². The van der Waals surface area contributed by atoms with Crippen molar-refractivity contribution in [1.29, 1.82) is 0 Å². The van der Waals surface area contributed by atoms with Crippen LogP contribution in [0.4, 0.5) is 0 Å². The van der Waals surface area contributed by atoms with Crippen molar-refractivity contribution in [2.45, 2.75) is 20.5 Å². The fourth-order valence-corrected chi connectivity index (χ4v) is 3.83. The average molecular weight is 299 g/mol. The maximum Gasteiger partial charge on any atom is 0.177 e. The number of rotatable bonds is 2. The largest absolute Gasteiger partial charge is 0.377 e. The third kappa shape index (κ3) is 1.81.